The van der Waals surface area contributed by atoms with E-state index in [1.807, 2.05) is 6.07 Å². The molecule has 3 aliphatic heterocycles. The Balaban J connectivity index is 1.57. The van der Waals surface area contributed by atoms with Crippen LogP contribution in [0.25, 0.3) is 0 Å². The Bertz CT molecular complexity index is 600. The minimum Gasteiger partial charge on any atom is -0.381 e. The smallest absolute Gasteiger partial charge is 0.226 e. The highest BCUT2D eigenvalue weighted by atomic mass is 19.1. The Morgan fingerprint density at radius 1 is 1.26 bits per heavy atom. The van der Waals surface area contributed by atoms with Crippen LogP contribution in [-0.4, -0.2) is 31.3 Å². The van der Waals surface area contributed by atoms with Crippen LogP contribution in [-0.2, 0) is 19.8 Å². The fourth-order valence-corrected chi connectivity index (χ4v) is 4.23. The first-order valence-corrected chi connectivity index (χ1v) is 8.48. The van der Waals surface area contributed by atoms with Crippen molar-refractivity contribution in [3.8, 4) is 0 Å². The van der Waals surface area contributed by atoms with E-state index in [4.69, 9.17) is 9.47 Å². The van der Waals surface area contributed by atoms with Crippen molar-refractivity contribution < 1.29 is 18.7 Å². The van der Waals surface area contributed by atoms with E-state index < -0.39 is 5.54 Å². The molecule has 0 unspecified atom stereocenters. The predicted molar refractivity (Wildman–Crippen MR) is 82.3 cm³/mol. The molecule has 2 bridgehead atoms. The number of hydrogen-bond acceptors (Lipinski definition) is 3. The summed E-state index contributed by atoms with van der Waals surface area (Å²) < 4.78 is 25.0. The molecule has 0 saturated carbocycles. The van der Waals surface area contributed by atoms with E-state index in [0.29, 0.717) is 26.1 Å². The summed E-state index contributed by atoms with van der Waals surface area (Å²) >= 11 is 0. The van der Waals surface area contributed by atoms with Crippen LogP contribution >= 0.6 is 0 Å². The molecule has 1 aromatic carbocycles. The Hall–Kier alpha value is -1.46. The number of rotatable bonds is 3. The molecule has 3 atom stereocenters. The van der Waals surface area contributed by atoms with Crippen molar-refractivity contribution in [3.63, 3.8) is 0 Å². The summed E-state index contributed by atoms with van der Waals surface area (Å²) in [5, 5.41) is 3.24. The molecule has 1 aromatic rings. The normalized spacial score (nSPS) is 32.0. The summed E-state index contributed by atoms with van der Waals surface area (Å²) in [5.74, 6) is -0.295. The fraction of sp³-hybridized carbons (Fsp3) is 0.611. The van der Waals surface area contributed by atoms with Gasteiger partial charge in [-0.15, -0.1) is 0 Å². The third-order valence-electron chi connectivity index (χ3n) is 5.53. The number of halogens is 1. The van der Waals surface area contributed by atoms with Gasteiger partial charge in [0.25, 0.3) is 0 Å². The van der Waals surface area contributed by atoms with E-state index in [2.05, 4.69) is 5.32 Å². The lowest BCUT2D eigenvalue weighted by Crippen LogP contribution is -2.52. The van der Waals surface area contributed by atoms with E-state index >= 15 is 0 Å². The van der Waals surface area contributed by atoms with Crippen molar-refractivity contribution in [2.45, 2.75) is 49.9 Å². The van der Waals surface area contributed by atoms with Gasteiger partial charge in [-0.25, -0.2) is 4.39 Å². The van der Waals surface area contributed by atoms with Crippen LogP contribution in [0.2, 0.25) is 0 Å². The van der Waals surface area contributed by atoms with Crippen LogP contribution in [0.4, 0.5) is 4.39 Å². The monoisotopic (exact) mass is 319 g/mol. The summed E-state index contributed by atoms with van der Waals surface area (Å²) in [5.41, 5.74) is 0.303. The highest BCUT2D eigenvalue weighted by Crippen LogP contribution is 2.40. The zero-order valence-electron chi connectivity index (χ0n) is 13.1. The quantitative estimate of drug-likeness (QED) is 0.931. The van der Waals surface area contributed by atoms with Gasteiger partial charge in [0.05, 0.1) is 23.7 Å². The third kappa shape index (κ3) is 2.76. The van der Waals surface area contributed by atoms with Gasteiger partial charge < -0.3 is 14.8 Å². The highest BCUT2D eigenvalue weighted by Gasteiger charge is 2.46. The number of carbonyl (C=O) groups excluding carboxylic acids is 1. The lowest BCUT2D eigenvalue weighted by molar-refractivity contribution is -0.130. The predicted octanol–water partition coefficient (Wildman–Crippen LogP) is 2.52. The maximum Gasteiger partial charge on any atom is 0.226 e. The third-order valence-corrected chi connectivity index (χ3v) is 5.53. The van der Waals surface area contributed by atoms with Crippen LogP contribution < -0.4 is 5.32 Å². The fourth-order valence-electron chi connectivity index (χ4n) is 4.23. The Kier molecular flexibility index (Phi) is 3.85. The van der Waals surface area contributed by atoms with E-state index in [1.54, 1.807) is 6.07 Å². The van der Waals surface area contributed by atoms with Crippen LogP contribution in [0.15, 0.2) is 24.3 Å². The van der Waals surface area contributed by atoms with Crippen molar-refractivity contribution >= 4 is 5.91 Å². The number of hydrogen-bond donors (Lipinski definition) is 1. The molecule has 0 spiro atoms. The molecule has 3 fully saturated rings. The maximum atomic E-state index is 13.7. The number of benzene rings is 1. The first-order valence-electron chi connectivity index (χ1n) is 8.48. The minimum absolute atomic E-state index is 0.0448. The van der Waals surface area contributed by atoms with Crippen LogP contribution in [0.5, 0.6) is 0 Å². The van der Waals surface area contributed by atoms with Gasteiger partial charge in [-0.1, -0.05) is 12.1 Å². The molecule has 4 rings (SSSR count). The average Bonchev–Trinajstić information content (AvgIpc) is 3.19. The van der Waals surface area contributed by atoms with Gasteiger partial charge in [-0.2, -0.15) is 0 Å². The molecule has 1 amide bonds. The molecule has 23 heavy (non-hydrogen) atoms. The summed E-state index contributed by atoms with van der Waals surface area (Å²) in [6, 6.07) is 6.56. The van der Waals surface area contributed by atoms with Gasteiger partial charge in [-0.05, 0) is 49.8 Å². The lowest BCUT2D eigenvalue weighted by atomic mass is 9.81. The van der Waals surface area contributed by atoms with Crippen molar-refractivity contribution in [1.29, 1.82) is 0 Å². The largest absolute Gasteiger partial charge is 0.381 e. The number of amides is 1. The molecular weight excluding hydrogens is 297 g/mol. The molecule has 0 aliphatic carbocycles. The highest BCUT2D eigenvalue weighted by molar-refractivity contribution is 5.81. The van der Waals surface area contributed by atoms with E-state index in [0.717, 1.165) is 24.8 Å². The Labute approximate surface area is 135 Å². The van der Waals surface area contributed by atoms with Crippen LogP contribution in [0.1, 0.15) is 37.7 Å². The van der Waals surface area contributed by atoms with Gasteiger partial charge in [0.2, 0.25) is 5.91 Å². The lowest BCUT2D eigenvalue weighted by Gasteiger charge is -2.39. The summed E-state index contributed by atoms with van der Waals surface area (Å²) in [6.07, 6.45) is 4.50. The molecule has 3 aliphatic rings. The molecule has 3 saturated heterocycles. The van der Waals surface area contributed by atoms with Crippen LogP contribution in [0.3, 0.4) is 0 Å². The first-order chi connectivity index (χ1) is 11.2. The van der Waals surface area contributed by atoms with Gasteiger partial charge in [0, 0.05) is 13.2 Å². The zero-order chi connectivity index (χ0) is 15.9. The van der Waals surface area contributed by atoms with E-state index in [9.17, 15) is 9.18 Å². The summed E-state index contributed by atoms with van der Waals surface area (Å²) in [7, 11) is 0. The molecule has 3 heterocycles. The molecule has 124 valence electrons. The second-order valence-corrected chi connectivity index (χ2v) is 6.91. The molecule has 0 radical (unpaired) electrons. The number of carbonyl (C=O) groups is 1. The van der Waals surface area contributed by atoms with Gasteiger partial charge in [-0.3, -0.25) is 4.79 Å². The molecular formula is C18H22FNO3. The summed E-state index contributed by atoms with van der Waals surface area (Å²) in [6.45, 7) is 1.15. The SMILES string of the molecule is O=C(NC1(c2cccc(F)c2)CCOCC1)[C@H]1C[C@H]2CC[C@H]1O2. The standard InChI is InChI=1S/C18H22FNO3/c19-13-3-1-2-12(10-13)18(6-8-22-9-7-18)20-17(21)15-11-14-4-5-16(15)23-14/h1-3,10,14-16H,4-9,11H2,(H,20,21)/t14-,15+,16-/m1/s1. The van der Waals surface area contributed by atoms with Crippen molar-refractivity contribution in [2.24, 2.45) is 5.92 Å². The number of ether oxygens (including phenoxy) is 2. The molecule has 4 nitrogen and oxygen atoms in total. The average molecular weight is 319 g/mol. The first kappa shape index (κ1) is 15.1. The number of nitrogens with one attached hydrogen (secondary N) is 1. The van der Waals surface area contributed by atoms with Crippen LogP contribution in [0, 0.1) is 11.7 Å². The topological polar surface area (TPSA) is 47.6 Å². The van der Waals surface area contributed by atoms with Crippen molar-refractivity contribution in [3.05, 3.63) is 35.6 Å². The van der Waals surface area contributed by atoms with Gasteiger partial charge in [0.1, 0.15) is 5.82 Å². The maximum absolute atomic E-state index is 13.7. The van der Waals surface area contributed by atoms with Crippen molar-refractivity contribution in [2.75, 3.05) is 13.2 Å². The zero-order valence-corrected chi connectivity index (χ0v) is 13.1. The van der Waals surface area contributed by atoms with E-state index in [-0.39, 0.29) is 29.9 Å². The van der Waals surface area contributed by atoms with Crippen molar-refractivity contribution in [1.82, 2.24) is 5.32 Å². The van der Waals surface area contributed by atoms with Gasteiger partial charge >= 0.3 is 0 Å². The minimum atomic E-state index is -0.529. The Morgan fingerprint density at radius 3 is 2.74 bits per heavy atom. The molecule has 1 N–H and O–H groups in total. The van der Waals surface area contributed by atoms with E-state index in [1.165, 1.54) is 12.1 Å². The molecule has 0 aromatic heterocycles. The second-order valence-electron chi connectivity index (χ2n) is 6.91. The van der Waals surface area contributed by atoms with Gasteiger partial charge in [0.15, 0.2) is 0 Å². The molecule has 5 heteroatoms. The Morgan fingerprint density at radius 2 is 2.09 bits per heavy atom. The number of fused-ring (bicyclic) bond motifs is 2. The summed E-state index contributed by atoms with van der Waals surface area (Å²) in [4.78, 5) is 12.8. The second kappa shape index (κ2) is 5.87.